The second kappa shape index (κ2) is 11.9. The van der Waals surface area contributed by atoms with E-state index in [2.05, 4.69) is 0 Å². The zero-order chi connectivity index (χ0) is 25.3. The van der Waals surface area contributed by atoms with Crippen molar-refractivity contribution in [3.05, 3.63) is 92.6 Å². The average molecular weight is 494 g/mol. The summed E-state index contributed by atoms with van der Waals surface area (Å²) >= 11 is 0. The normalized spacial score (nSPS) is 11.0. The Balaban J connectivity index is 1.08. The van der Waals surface area contributed by atoms with Crippen LogP contribution in [0.4, 0.5) is 0 Å². The summed E-state index contributed by atoms with van der Waals surface area (Å²) in [5.41, 5.74) is -0.0509. The van der Waals surface area contributed by atoms with Gasteiger partial charge in [0.1, 0.15) is 24.4 Å². The van der Waals surface area contributed by atoms with Gasteiger partial charge in [0.25, 0.3) is 0 Å². The number of fused-ring (bicyclic) bond motifs is 2. The molecule has 186 valence electrons. The highest BCUT2D eigenvalue weighted by Gasteiger charge is 2.14. The highest BCUT2D eigenvalue weighted by molar-refractivity contribution is 5.89. The molecule has 0 N–H and O–H groups in total. The molecule has 0 fully saturated rings. The molecule has 10 heteroatoms. The maximum Gasteiger partial charge on any atom is 0.374 e. The van der Waals surface area contributed by atoms with Gasteiger partial charge >= 0.3 is 11.9 Å². The number of benzene rings is 2. The van der Waals surface area contributed by atoms with E-state index in [1.165, 1.54) is 0 Å². The summed E-state index contributed by atoms with van der Waals surface area (Å²) in [5.74, 6) is -1.89. The van der Waals surface area contributed by atoms with Crippen molar-refractivity contribution >= 4 is 33.9 Å². The number of hydrogen-bond acceptors (Lipinski definition) is 10. The van der Waals surface area contributed by atoms with Crippen LogP contribution in [0.1, 0.15) is 21.1 Å². The maximum absolute atomic E-state index is 12.1. The van der Waals surface area contributed by atoms with Crippen molar-refractivity contribution in [1.29, 1.82) is 0 Å². The fourth-order valence-corrected chi connectivity index (χ4v) is 3.26. The van der Waals surface area contributed by atoms with E-state index in [9.17, 15) is 19.2 Å². The summed E-state index contributed by atoms with van der Waals surface area (Å²) in [6.07, 6.45) is 0. The van der Waals surface area contributed by atoms with Gasteiger partial charge in [-0.3, -0.25) is 9.59 Å². The van der Waals surface area contributed by atoms with Crippen molar-refractivity contribution in [2.45, 2.75) is 0 Å². The topological polar surface area (TPSA) is 131 Å². The number of carbonyl (C=O) groups excluding carboxylic acids is 2. The molecule has 2 aromatic carbocycles. The predicted octanol–water partition coefficient (Wildman–Crippen LogP) is 2.95. The molecule has 0 radical (unpaired) electrons. The Morgan fingerprint density at radius 3 is 1.42 bits per heavy atom. The third kappa shape index (κ3) is 6.23. The Hall–Kier alpha value is -4.28. The third-order valence-electron chi connectivity index (χ3n) is 4.97. The van der Waals surface area contributed by atoms with Gasteiger partial charge in [-0.1, -0.05) is 24.3 Å². The minimum absolute atomic E-state index is 0.0378. The standard InChI is InChI=1S/C26H22O10/c27-19-15-23(35-21-7-3-1-5-17(19)21)25(29)33-13-11-31-9-10-32-12-14-34-26(30)24-16-20(28)18-6-2-4-8-22(18)36-24/h1-8,15-16H,9-14H2. The van der Waals surface area contributed by atoms with Gasteiger partial charge in [0.05, 0.1) is 37.2 Å². The molecule has 0 saturated heterocycles. The molecular formula is C26H22O10. The van der Waals surface area contributed by atoms with E-state index in [0.717, 1.165) is 12.1 Å². The highest BCUT2D eigenvalue weighted by atomic mass is 16.6. The first-order valence-electron chi connectivity index (χ1n) is 11.1. The van der Waals surface area contributed by atoms with Crippen LogP contribution < -0.4 is 10.9 Å². The minimum atomic E-state index is -0.762. The lowest BCUT2D eigenvalue weighted by molar-refractivity contribution is 0.000741. The third-order valence-corrected chi connectivity index (χ3v) is 4.97. The average Bonchev–Trinajstić information content (AvgIpc) is 2.89. The second-order valence-corrected chi connectivity index (χ2v) is 7.44. The molecule has 2 aromatic heterocycles. The van der Waals surface area contributed by atoms with Crippen molar-refractivity contribution < 1.29 is 37.4 Å². The Morgan fingerprint density at radius 2 is 0.972 bits per heavy atom. The van der Waals surface area contributed by atoms with Crippen LogP contribution in [0.15, 0.2) is 79.1 Å². The molecule has 0 aliphatic heterocycles. The monoisotopic (exact) mass is 494 g/mol. The molecule has 10 nitrogen and oxygen atoms in total. The van der Waals surface area contributed by atoms with Crippen LogP contribution in [0.3, 0.4) is 0 Å². The summed E-state index contributed by atoms with van der Waals surface area (Å²) in [6.45, 7) is 0.589. The number of ether oxygens (including phenoxy) is 4. The lowest BCUT2D eigenvalue weighted by Crippen LogP contribution is -2.16. The number of para-hydroxylation sites is 2. The van der Waals surface area contributed by atoms with Crippen LogP contribution in [-0.4, -0.2) is 51.6 Å². The van der Waals surface area contributed by atoms with E-state index in [-0.39, 0.29) is 62.0 Å². The lowest BCUT2D eigenvalue weighted by atomic mass is 10.2. The van der Waals surface area contributed by atoms with Gasteiger partial charge in [-0.15, -0.1) is 0 Å². The summed E-state index contributed by atoms with van der Waals surface area (Å²) in [6, 6.07) is 15.4. The van der Waals surface area contributed by atoms with Gasteiger partial charge in [-0.2, -0.15) is 0 Å². The second-order valence-electron chi connectivity index (χ2n) is 7.44. The molecular weight excluding hydrogens is 472 g/mol. The fraction of sp³-hybridized carbons (Fsp3) is 0.231. The molecule has 0 unspecified atom stereocenters. The first-order chi connectivity index (χ1) is 17.5. The molecule has 0 spiro atoms. The minimum Gasteiger partial charge on any atom is -0.457 e. The Labute approximate surface area is 203 Å². The Morgan fingerprint density at radius 1 is 0.583 bits per heavy atom. The molecule has 0 amide bonds. The number of carbonyl (C=O) groups is 2. The van der Waals surface area contributed by atoms with Crippen molar-refractivity contribution in [2.75, 3.05) is 39.6 Å². The summed E-state index contributed by atoms with van der Waals surface area (Å²) in [7, 11) is 0. The van der Waals surface area contributed by atoms with E-state index in [0.29, 0.717) is 21.9 Å². The predicted molar refractivity (Wildman–Crippen MR) is 127 cm³/mol. The van der Waals surface area contributed by atoms with Crippen LogP contribution in [0.25, 0.3) is 21.9 Å². The van der Waals surface area contributed by atoms with Crippen molar-refractivity contribution in [3.63, 3.8) is 0 Å². The zero-order valence-corrected chi connectivity index (χ0v) is 19.1. The quantitative estimate of drug-likeness (QED) is 0.226. The highest BCUT2D eigenvalue weighted by Crippen LogP contribution is 2.13. The number of hydrogen-bond donors (Lipinski definition) is 0. The van der Waals surface area contributed by atoms with E-state index < -0.39 is 11.9 Å². The molecule has 0 aliphatic rings. The van der Waals surface area contributed by atoms with Gasteiger partial charge in [0.15, 0.2) is 10.9 Å². The summed E-state index contributed by atoms with van der Waals surface area (Å²) < 4.78 is 31.6. The van der Waals surface area contributed by atoms with Crippen LogP contribution in [0.5, 0.6) is 0 Å². The molecule has 36 heavy (non-hydrogen) atoms. The Bertz CT molecular complexity index is 1370. The van der Waals surface area contributed by atoms with Crippen molar-refractivity contribution in [3.8, 4) is 0 Å². The molecule has 4 rings (SSSR count). The van der Waals surface area contributed by atoms with E-state index >= 15 is 0 Å². The molecule has 0 saturated carbocycles. The molecule has 0 atom stereocenters. The fourth-order valence-electron chi connectivity index (χ4n) is 3.26. The van der Waals surface area contributed by atoms with Gasteiger partial charge in [0, 0.05) is 12.1 Å². The van der Waals surface area contributed by atoms with E-state index in [1.54, 1.807) is 48.5 Å². The van der Waals surface area contributed by atoms with E-state index in [1.807, 2.05) is 0 Å². The number of esters is 2. The van der Waals surface area contributed by atoms with Crippen molar-refractivity contribution in [1.82, 2.24) is 0 Å². The molecule has 4 aromatic rings. The molecule has 0 bridgehead atoms. The van der Waals surface area contributed by atoms with Gasteiger partial charge in [-0.25, -0.2) is 9.59 Å². The first-order valence-corrected chi connectivity index (χ1v) is 11.1. The van der Waals surface area contributed by atoms with Crippen LogP contribution in [0.2, 0.25) is 0 Å². The van der Waals surface area contributed by atoms with Gasteiger partial charge in [-0.05, 0) is 24.3 Å². The van der Waals surface area contributed by atoms with Gasteiger partial charge < -0.3 is 27.8 Å². The summed E-state index contributed by atoms with van der Waals surface area (Å²) in [4.78, 5) is 48.3. The zero-order valence-electron chi connectivity index (χ0n) is 19.1. The van der Waals surface area contributed by atoms with Crippen molar-refractivity contribution in [2.24, 2.45) is 0 Å². The molecule has 0 aliphatic carbocycles. The van der Waals surface area contributed by atoms with Gasteiger partial charge in [0.2, 0.25) is 11.5 Å². The van der Waals surface area contributed by atoms with Crippen LogP contribution in [0, 0.1) is 0 Å². The Kier molecular flexibility index (Phi) is 8.22. The molecule has 2 heterocycles. The SMILES string of the molecule is O=C(OCCOCCOCCOC(=O)c1cc(=O)c2ccccc2o1)c1cc(=O)c2ccccc2o1. The lowest BCUT2D eigenvalue weighted by Gasteiger charge is -2.08. The number of rotatable bonds is 11. The van der Waals surface area contributed by atoms with Crippen LogP contribution >= 0.6 is 0 Å². The maximum atomic E-state index is 12.1. The van der Waals surface area contributed by atoms with E-state index in [4.69, 9.17) is 27.8 Å². The van der Waals surface area contributed by atoms with Crippen LogP contribution in [-0.2, 0) is 18.9 Å². The smallest absolute Gasteiger partial charge is 0.374 e. The first kappa shape index (κ1) is 24.8. The summed E-state index contributed by atoms with van der Waals surface area (Å²) in [5, 5.41) is 0.764. The largest absolute Gasteiger partial charge is 0.457 e.